The highest BCUT2D eigenvalue weighted by Crippen LogP contribution is 2.22. The van der Waals surface area contributed by atoms with Crippen LogP contribution in [0.25, 0.3) is 0 Å². The molecule has 2 aromatic rings. The number of carbonyl (C=O) groups is 1. The Labute approximate surface area is 126 Å². The van der Waals surface area contributed by atoms with Gasteiger partial charge in [-0.15, -0.1) is 0 Å². The Balaban J connectivity index is 1.89. The molecule has 0 spiro atoms. The first kappa shape index (κ1) is 14.6. The summed E-state index contributed by atoms with van der Waals surface area (Å²) in [7, 11) is 0. The van der Waals surface area contributed by atoms with Gasteiger partial charge >= 0.3 is 0 Å². The third-order valence-corrected chi connectivity index (χ3v) is 3.55. The van der Waals surface area contributed by atoms with Gasteiger partial charge in [0.05, 0.1) is 6.33 Å². The largest absolute Gasteiger partial charge is 0.398 e. The Morgan fingerprint density at radius 1 is 1.50 bits per heavy atom. The number of carbonyl (C=O) groups excluding carboxylic acids is 1. The minimum absolute atomic E-state index is 0.0962. The predicted octanol–water partition coefficient (Wildman–Crippen LogP) is 2.36. The number of hydrogen-bond donors (Lipinski definition) is 2. The Bertz CT molecular complexity index is 595. The molecule has 6 heteroatoms. The van der Waals surface area contributed by atoms with Crippen LogP contribution in [0.4, 0.5) is 5.69 Å². The predicted molar refractivity (Wildman–Crippen MR) is 82.5 cm³/mol. The van der Waals surface area contributed by atoms with Crippen molar-refractivity contribution in [3.05, 3.63) is 46.5 Å². The summed E-state index contributed by atoms with van der Waals surface area (Å²) < 4.78 is 2.79. The van der Waals surface area contributed by atoms with E-state index in [4.69, 9.17) is 5.73 Å². The van der Waals surface area contributed by atoms with E-state index in [2.05, 4.69) is 26.2 Å². The molecular formula is C14H17BrN4O. The second-order valence-electron chi connectivity index (χ2n) is 4.58. The summed E-state index contributed by atoms with van der Waals surface area (Å²) in [5, 5.41) is 2.91. The van der Waals surface area contributed by atoms with Crippen LogP contribution in [-0.2, 0) is 6.54 Å². The van der Waals surface area contributed by atoms with Crippen LogP contribution in [0, 0.1) is 6.92 Å². The highest BCUT2D eigenvalue weighted by Gasteiger charge is 2.11. The summed E-state index contributed by atoms with van der Waals surface area (Å²) >= 11 is 3.35. The molecular weight excluding hydrogens is 320 g/mol. The number of nitrogens with one attached hydrogen (secondary N) is 1. The first-order valence-electron chi connectivity index (χ1n) is 6.37. The topological polar surface area (TPSA) is 72.9 Å². The summed E-state index contributed by atoms with van der Waals surface area (Å²) in [6.07, 6.45) is 6.26. The first-order valence-corrected chi connectivity index (χ1v) is 7.17. The fraction of sp³-hybridized carbons (Fsp3) is 0.286. The van der Waals surface area contributed by atoms with E-state index in [0.29, 0.717) is 17.8 Å². The molecule has 3 N–H and O–H groups in total. The van der Waals surface area contributed by atoms with E-state index in [9.17, 15) is 4.79 Å². The third-order valence-electron chi connectivity index (χ3n) is 3.10. The van der Waals surface area contributed by atoms with E-state index in [1.807, 2.05) is 17.7 Å². The van der Waals surface area contributed by atoms with Crippen LogP contribution in [0.5, 0.6) is 0 Å². The van der Waals surface area contributed by atoms with Gasteiger partial charge in [-0.1, -0.05) is 15.9 Å². The molecule has 0 fully saturated rings. The normalized spacial score (nSPS) is 10.5. The van der Waals surface area contributed by atoms with E-state index in [1.165, 1.54) is 0 Å². The average Bonchev–Trinajstić information content (AvgIpc) is 2.91. The van der Waals surface area contributed by atoms with Crippen molar-refractivity contribution in [2.75, 3.05) is 12.3 Å². The van der Waals surface area contributed by atoms with Gasteiger partial charge in [-0.05, 0) is 31.0 Å². The molecule has 0 radical (unpaired) electrons. The SMILES string of the molecule is Cc1c(N)cc(Br)cc1C(=O)NCCCn1ccnc1. The van der Waals surface area contributed by atoms with Crippen molar-refractivity contribution in [3.63, 3.8) is 0 Å². The lowest BCUT2D eigenvalue weighted by Crippen LogP contribution is -2.26. The molecule has 0 atom stereocenters. The van der Waals surface area contributed by atoms with Crippen molar-refractivity contribution >= 4 is 27.5 Å². The van der Waals surface area contributed by atoms with E-state index >= 15 is 0 Å². The van der Waals surface area contributed by atoms with Crippen LogP contribution >= 0.6 is 15.9 Å². The van der Waals surface area contributed by atoms with Gasteiger partial charge in [0, 0.05) is 41.2 Å². The van der Waals surface area contributed by atoms with Crippen LogP contribution in [0.15, 0.2) is 35.3 Å². The Morgan fingerprint density at radius 3 is 3.00 bits per heavy atom. The number of nitrogens with two attached hydrogens (primary N) is 1. The van der Waals surface area contributed by atoms with Gasteiger partial charge in [-0.3, -0.25) is 4.79 Å². The maximum Gasteiger partial charge on any atom is 0.251 e. The van der Waals surface area contributed by atoms with Crippen LogP contribution in [0.2, 0.25) is 0 Å². The fourth-order valence-electron chi connectivity index (χ4n) is 1.91. The zero-order valence-electron chi connectivity index (χ0n) is 11.3. The number of rotatable bonds is 5. The Morgan fingerprint density at radius 2 is 2.30 bits per heavy atom. The van der Waals surface area contributed by atoms with Gasteiger partial charge in [0.2, 0.25) is 0 Å². The molecule has 20 heavy (non-hydrogen) atoms. The number of aryl methyl sites for hydroxylation is 1. The fourth-order valence-corrected chi connectivity index (χ4v) is 2.39. The Kier molecular flexibility index (Phi) is 4.79. The van der Waals surface area contributed by atoms with Crippen LogP contribution in [0.1, 0.15) is 22.3 Å². The molecule has 0 unspecified atom stereocenters. The molecule has 1 aromatic heterocycles. The van der Waals surface area contributed by atoms with Gasteiger partial charge in [0.1, 0.15) is 0 Å². The van der Waals surface area contributed by atoms with Crippen molar-refractivity contribution in [2.24, 2.45) is 0 Å². The molecule has 0 aliphatic heterocycles. The lowest BCUT2D eigenvalue weighted by Gasteiger charge is -2.10. The number of benzene rings is 1. The highest BCUT2D eigenvalue weighted by atomic mass is 79.9. The molecule has 2 rings (SSSR count). The third kappa shape index (κ3) is 3.60. The number of amides is 1. The second-order valence-corrected chi connectivity index (χ2v) is 5.49. The zero-order valence-corrected chi connectivity index (χ0v) is 12.9. The molecule has 0 aliphatic rings. The van der Waals surface area contributed by atoms with Gasteiger partial charge in [-0.2, -0.15) is 0 Å². The van der Waals surface area contributed by atoms with Crippen LogP contribution in [-0.4, -0.2) is 22.0 Å². The lowest BCUT2D eigenvalue weighted by atomic mass is 10.1. The molecule has 0 saturated carbocycles. The minimum Gasteiger partial charge on any atom is -0.398 e. The maximum atomic E-state index is 12.1. The number of aromatic nitrogens is 2. The van der Waals surface area contributed by atoms with Crippen LogP contribution in [0.3, 0.4) is 0 Å². The smallest absolute Gasteiger partial charge is 0.251 e. The second kappa shape index (κ2) is 6.56. The van der Waals surface area contributed by atoms with Gasteiger partial charge in [-0.25, -0.2) is 4.98 Å². The molecule has 1 amide bonds. The van der Waals surface area contributed by atoms with Crippen LogP contribution < -0.4 is 11.1 Å². The van der Waals surface area contributed by atoms with Gasteiger partial charge < -0.3 is 15.6 Å². The quantitative estimate of drug-likeness (QED) is 0.650. The van der Waals surface area contributed by atoms with E-state index < -0.39 is 0 Å². The average molecular weight is 337 g/mol. The monoisotopic (exact) mass is 336 g/mol. The molecule has 5 nitrogen and oxygen atoms in total. The number of imidazole rings is 1. The number of halogens is 1. The Hall–Kier alpha value is -1.82. The zero-order chi connectivity index (χ0) is 14.5. The maximum absolute atomic E-state index is 12.1. The summed E-state index contributed by atoms with van der Waals surface area (Å²) in [6.45, 7) is 3.30. The van der Waals surface area contributed by atoms with E-state index in [-0.39, 0.29) is 5.91 Å². The van der Waals surface area contributed by atoms with Crippen molar-refractivity contribution in [2.45, 2.75) is 19.9 Å². The minimum atomic E-state index is -0.0962. The molecule has 106 valence electrons. The number of nitrogens with zero attached hydrogens (tertiary/aromatic N) is 2. The number of nitrogen functional groups attached to an aromatic ring is 1. The first-order chi connectivity index (χ1) is 9.58. The van der Waals surface area contributed by atoms with E-state index in [0.717, 1.165) is 23.0 Å². The summed E-state index contributed by atoms with van der Waals surface area (Å²) in [5.74, 6) is -0.0962. The van der Waals surface area contributed by atoms with Crippen molar-refractivity contribution in [1.29, 1.82) is 0 Å². The molecule has 0 aliphatic carbocycles. The van der Waals surface area contributed by atoms with Gasteiger partial charge in [0.15, 0.2) is 0 Å². The van der Waals surface area contributed by atoms with E-state index in [1.54, 1.807) is 24.7 Å². The number of hydrogen-bond acceptors (Lipinski definition) is 3. The number of anilines is 1. The summed E-state index contributed by atoms with van der Waals surface area (Å²) in [5.41, 5.74) is 7.89. The standard InChI is InChI=1S/C14H17BrN4O/c1-10-12(7-11(15)8-13(10)16)14(20)18-3-2-5-19-6-4-17-9-19/h4,6-9H,2-3,5,16H2,1H3,(H,18,20). The van der Waals surface area contributed by atoms with Crippen molar-refractivity contribution < 1.29 is 4.79 Å². The lowest BCUT2D eigenvalue weighted by molar-refractivity contribution is 0.0952. The van der Waals surface area contributed by atoms with Crippen molar-refractivity contribution in [1.82, 2.24) is 14.9 Å². The highest BCUT2D eigenvalue weighted by molar-refractivity contribution is 9.10. The van der Waals surface area contributed by atoms with Gasteiger partial charge in [0.25, 0.3) is 5.91 Å². The molecule has 0 saturated heterocycles. The molecule has 1 heterocycles. The summed E-state index contributed by atoms with van der Waals surface area (Å²) in [6, 6.07) is 3.59. The molecule has 0 bridgehead atoms. The molecule has 1 aromatic carbocycles. The van der Waals surface area contributed by atoms with Crippen molar-refractivity contribution in [3.8, 4) is 0 Å². The summed E-state index contributed by atoms with van der Waals surface area (Å²) in [4.78, 5) is 16.1.